The van der Waals surface area contributed by atoms with E-state index in [4.69, 9.17) is 9.47 Å². The van der Waals surface area contributed by atoms with Crippen LogP contribution in [0.4, 0.5) is 0 Å². The number of fused-ring (bicyclic) bond motifs is 1. The van der Waals surface area contributed by atoms with Gasteiger partial charge in [-0.3, -0.25) is 9.89 Å². The number of hydrogen-bond donors (Lipinski definition) is 2. The van der Waals surface area contributed by atoms with Crippen molar-refractivity contribution in [3.63, 3.8) is 0 Å². The van der Waals surface area contributed by atoms with E-state index in [0.29, 0.717) is 41.4 Å². The molecule has 5 rings (SSSR count). The minimum atomic E-state index is -0.357. The van der Waals surface area contributed by atoms with Gasteiger partial charge in [0.15, 0.2) is 11.5 Å². The van der Waals surface area contributed by atoms with E-state index < -0.39 is 0 Å². The lowest BCUT2D eigenvalue weighted by Crippen LogP contribution is -2.31. The number of phenols is 1. The van der Waals surface area contributed by atoms with Crippen LogP contribution in [0.5, 0.6) is 17.2 Å². The second-order valence-electron chi connectivity index (χ2n) is 9.23. The van der Waals surface area contributed by atoms with E-state index >= 15 is 0 Å². The quantitative estimate of drug-likeness (QED) is 0.290. The number of ether oxygens (including phenoxy) is 2. The van der Waals surface area contributed by atoms with Crippen LogP contribution >= 0.6 is 15.9 Å². The zero-order valence-corrected chi connectivity index (χ0v) is 22.7. The van der Waals surface area contributed by atoms with Gasteiger partial charge < -0.3 is 19.5 Å². The number of carbonyl (C=O) groups is 1. The summed E-state index contributed by atoms with van der Waals surface area (Å²) in [7, 11) is 3.22. The number of carbonyl (C=O) groups excluding carboxylic acids is 1. The number of aromatic nitrogens is 2. The first kappa shape index (κ1) is 24.9. The fourth-order valence-electron chi connectivity index (χ4n) is 5.15. The fourth-order valence-corrected chi connectivity index (χ4v) is 5.41. The fraction of sp³-hybridized carbons (Fsp3) is 0.241. The van der Waals surface area contributed by atoms with Gasteiger partial charge in [-0.05, 0) is 72.9 Å². The molecule has 4 aromatic rings. The average molecular weight is 562 g/mol. The molecule has 0 aliphatic carbocycles. The Morgan fingerprint density at radius 2 is 1.76 bits per heavy atom. The number of aryl methyl sites for hydroxylation is 2. The Morgan fingerprint density at radius 1 is 1.03 bits per heavy atom. The molecule has 1 aliphatic heterocycles. The third kappa shape index (κ3) is 4.46. The standard InChI is InChI=1S/C29H28BrN3O4/c1-16-13-17(2)24(21(34)14-16)26-25-27(32-31-26)29(35)33(28(25)19-6-8-20(30)9-7-19)12-11-18-5-10-22(36-3)23(15-18)37-4/h5-10,13-15,28,34H,11-12H2,1-4H3,(H,31,32). The maximum absolute atomic E-state index is 13.7. The zero-order chi connectivity index (χ0) is 26.3. The highest BCUT2D eigenvalue weighted by Gasteiger charge is 2.42. The average Bonchev–Trinajstić information content (AvgIpc) is 3.41. The third-order valence-electron chi connectivity index (χ3n) is 6.83. The number of nitrogens with one attached hydrogen (secondary N) is 1. The first-order valence-corrected chi connectivity index (χ1v) is 12.8. The molecule has 0 spiro atoms. The van der Waals surface area contributed by atoms with Crippen molar-refractivity contribution < 1.29 is 19.4 Å². The summed E-state index contributed by atoms with van der Waals surface area (Å²) < 4.78 is 11.8. The molecule has 0 radical (unpaired) electrons. The highest BCUT2D eigenvalue weighted by atomic mass is 79.9. The van der Waals surface area contributed by atoms with E-state index in [2.05, 4.69) is 26.1 Å². The van der Waals surface area contributed by atoms with Crippen LogP contribution in [0.25, 0.3) is 11.3 Å². The van der Waals surface area contributed by atoms with Gasteiger partial charge in [0.25, 0.3) is 5.91 Å². The Labute approximate surface area is 224 Å². The Kier molecular flexibility index (Phi) is 6.69. The van der Waals surface area contributed by atoms with Gasteiger partial charge in [0.05, 0.1) is 20.3 Å². The molecular weight excluding hydrogens is 534 g/mol. The summed E-state index contributed by atoms with van der Waals surface area (Å²) in [6, 6.07) is 17.1. The lowest BCUT2D eigenvalue weighted by atomic mass is 9.93. The molecule has 1 unspecified atom stereocenters. The lowest BCUT2D eigenvalue weighted by molar-refractivity contribution is 0.0746. The van der Waals surface area contributed by atoms with Crippen molar-refractivity contribution in [1.82, 2.24) is 15.1 Å². The zero-order valence-electron chi connectivity index (χ0n) is 21.1. The van der Waals surface area contributed by atoms with E-state index in [0.717, 1.165) is 32.3 Å². The summed E-state index contributed by atoms with van der Waals surface area (Å²) in [5.74, 6) is 1.35. The summed E-state index contributed by atoms with van der Waals surface area (Å²) in [5, 5.41) is 18.4. The molecule has 3 aromatic carbocycles. The van der Waals surface area contributed by atoms with Gasteiger partial charge in [0, 0.05) is 22.1 Å². The second kappa shape index (κ2) is 9.94. The van der Waals surface area contributed by atoms with Crippen LogP contribution in [-0.2, 0) is 6.42 Å². The minimum Gasteiger partial charge on any atom is -0.507 e. The van der Waals surface area contributed by atoms with Crippen molar-refractivity contribution in [3.05, 3.63) is 92.6 Å². The monoisotopic (exact) mass is 561 g/mol. The first-order chi connectivity index (χ1) is 17.8. The second-order valence-corrected chi connectivity index (χ2v) is 10.1. The maximum atomic E-state index is 13.7. The third-order valence-corrected chi connectivity index (χ3v) is 7.36. The number of hydrogen-bond acceptors (Lipinski definition) is 5. The molecule has 190 valence electrons. The van der Waals surface area contributed by atoms with E-state index in [1.807, 2.05) is 67.3 Å². The molecule has 0 saturated heterocycles. The van der Waals surface area contributed by atoms with Crippen molar-refractivity contribution in [2.75, 3.05) is 20.8 Å². The summed E-state index contributed by atoms with van der Waals surface area (Å²) >= 11 is 3.51. The number of methoxy groups -OCH3 is 2. The molecule has 37 heavy (non-hydrogen) atoms. The van der Waals surface area contributed by atoms with E-state index in [1.54, 1.807) is 20.3 Å². The smallest absolute Gasteiger partial charge is 0.273 e. The number of phenolic OH excluding ortho intramolecular Hbond substituents is 1. The number of nitrogens with zero attached hydrogens (tertiary/aromatic N) is 2. The molecule has 0 bridgehead atoms. The summed E-state index contributed by atoms with van der Waals surface area (Å²) in [5.41, 5.74) is 6.33. The van der Waals surface area contributed by atoms with Gasteiger partial charge in [-0.15, -0.1) is 0 Å². The Morgan fingerprint density at radius 3 is 2.43 bits per heavy atom. The molecule has 1 amide bonds. The lowest BCUT2D eigenvalue weighted by Gasteiger charge is -2.27. The summed E-state index contributed by atoms with van der Waals surface area (Å²) in [6.07, 6.45) is 0.626. The van der Waals surface area contributed by atoms with Crippen LogP contribution < -0.4 is 9.47 Å². The summed E-state index contributed by atoms with van der Waals surface area (Å²) in [6.45, 7) is 4.37. The van der Waals surface area contributed by atoms with Crippen molar-refractivity contribution in [2.45, 2.75) is 26.3 Å². The normalized spacial score (nSPS) is 14.7. The molecule has 1 aromatic heterocycles. The van der Waals surface area contributed by atoms with Crippen molar-refractivity contribution >= 4 is 21.8 Å². The molecule has 8 heteroatoms. The van der Waals surface area contributed by atoms with Crippen molar-refractivity contribution in [2.24, 2.45) is 0 Å². The number of aromatic amines is 1. The van der Waals surface area contributed by atoms with Gasteiger partial charge in [-0.2, -0.15) is 5.10 Å². The number of rotatable bonds is 7. The van der Waals surface area contributed by atoms with Gasteiger partial charge in [-0.1, -0.05) is 40.2 Å². The predicted molar refractivity (Wildman–Crippen MR) is 145 cm³/mol. The SMILES string of the molecule is COc1ccc(CCN2C(=O)c3[nH]nc(-c4c(C)cc(C)cc4O)c3C2c2ccc(Br)cc2)cc1OC. The Hall–Kier alpha value is -3.78. The van der Waals surface area contributed by atoms with Crippen molar-refractivity contribution in [3.8, 4) is 28.5 Å². The van der Waals surface area contributed by atoms with Crippen LogP contribution in [0.2, 0.25) is 0 Å². The van der Waals surface area contributed by atoms with E-state index in [1.165, 1.54) is 0 Å². The summed E-state index contributed by atoms with van der Waals surface area (Å²) in [4.78, 5) is 15.6. The van der Waals surface area contributed by atoms with Crippen molar-refractivity contribution in [1.29, 1.82) is 0 Å². The largest absolute Gasteiger partial charge is 0.507 e. The van der Waals surface area contributed by atoms with Crippen LogP contribution in [0, 0.1) is 13.8 Å². The topological polar surface area (TPSA) is 87.7 Å². The molecule has 2 N–H and O–H groups in total. The number of H-pyrrole nitrogens is 1. The minimum absolute atomic E-state index is 0.119. The highest BCUT2D eigenvalue weighted by Crippen LogP contribution is 2.45. The van der Waals surface area contributed by atoms with Crippen LogP contribution in [0.15, 0.2) is 59.1 Å². The Balaban J connectivity index is 1.57. The van der Waals surface area contributed by atoms with Crippen LogP contribution in [-0.4, -0.2) is 46.9 Å². The number of aromatic hydroxyl groups is 1. The molecule has 0 fully saturated rings. The molecular formula is C29H28BrN3O4. The molecule has 1 aliphatic rings. The highest BCUT2D eigenvalue weighted by molar-refractivity contribution is 9.10. The predicted octanol–water partition coefficient (Wildman–Crippen LogP) is 5.97. The molecule has 0 saturated carbocycles. The number of amides is 1. The van der Waals surface area contributed by atoms with Crippen LogP contribution in [0.3, 0.4) is 0 Å². The first-order valence-electron chi connectivity index (χ1n) is 12.0. The number of benzene rings is 3. The number of halogens is 1. The van der Waals surface area contributed by atoms with Gasteiger partial charge in [0.2, 0.25) is 0 Å². The van der Waals surface area contributed by atoms with Gasteiger partial charge in [-0.25, -0.2) is 0 Å². The van der Waals surface area contributed by atoms with Gasteiger partial charge >= 0.3 is 0 Å². The van der Waals surface area contributed by atoms with E-state index in [-0.39, 0.29) is 17.7 Å². The van der Waals surface area contributed by atoms with Crippen LogP contribution in [0.1, 0.15) is 44.3 Å². The Bertz CT molecular complexity index is 1460. The maximum Gasteiger partial charge on any atom is 0.273 e. The van der Waals surface area contributed by atoms with Gasteiger partial charge in [0.1, 0.15) is 17.1 Å². The van der Waals surface area contributed by atoms with E-state index in [9.17, 15) is 9.90 Å². The molecule has 2 heterocycles. The molecule has 1 atom stereocenters. The molecule has 7 nitrogen and oxygen atoms in total.